The number of allylic oxidation sites excluding steroid dienone is 2. The number of aliphatic hydroxyl groups is 3. The molecular weight excluding hydrogens is 1080 g/mol. The molecule has 2 heterocycles. The number of hydrogen-bond donors (Lipinski definition) is 5. The molecule has 0 radical (unpaired) electrons. The Morgan fingerprint density at radius 1 is 0.846 bits per heavy atom. The number of oxime groups is 2. The summed E-state index contributed by atoms with van der Waals surface area (Å²) in [6.07, 6.45) is -0.507. The molecule has 4 aliphatic rings. The van der Waals surface area contributed by atoms with Gasteiger partial charge in [0.15, 0.2) is 17.0 Å². The number of ketones is 1. The summed E-state index contributed by atoms with van der Waals surface area (Å²) in [5, 5.41) is 45.3. The average molecular weight is 1110 g/mol. The van der Waals surface area contributed by atoms with Crippen molar-refractivity contribution in [1.82, 2.24) is 10.6 Å². The van der Waals surface area contributed by atoms with E-state index in [0.29, 0.717) is 44.0 Å². The summed E-state index contributed by atoms with van der Waals surface area (Å²) in [5.74, 6) is -0.687. The van der Waals surface area contributed by atoms with E-state index in [0.717, 1.165) is 0 Å². The highest BCUT2D eigenvalue weighted by Crippen LogP contribution is 2.45. The molecule has 1 aromatic carbocycles. The van der Waals surface area contributed by atoms with Crippen LogP contribution < -0.4 is 15.4 Å². The number of ether oxygens (including phenoxy) is 3. The minimum absolute atomic E-state index is 0.0181. The summed E-state index contributed by atoms with van der Waals surface area (Å²) >= 11 is 20.1. The summed E-state index contributed by atoms with van der Waals surface area (Å²) in [5.41, 5.74) is -2.26. The van der Waals surface area contributed by atoms with E-state index in [1.54, 1.807) is 24.3 Å². The second-order valence-corrected chi connectivity index (χ2v) is 16.7. The normalized spacial score (nSPS) is 25.8. The third kappa shape index (κ3) is 8.26. The van der Waals surface area contributed by atoms with Gasteiger partial charge in [-0.15, -0.1) is 0 Å². The number of carbonyl (C=O) groups is 3. The molecule has 0 fully saturated rings. The van der Waals surface area contributed by atoms with Crippen LogP contribution in [0.3, 0.4) is 0 Å². The summed E-state index contributed by atoms with van der Waals surface area (Å²) in [7, 11) is 2.90. The lowest BCUT2D eigenvalue weighted by Crippen LogP contribution is -2.45. The molecule has 2 aliphatic heterocycles. The van der Waals surface area contributed by atoms with Crippen molar-refractivity contribution in [1.29, 1.82) is 0 Å². The third-order valence-electron chi connectivity index (χ3n) is 8.17. The molecule has 52 heavy (non-hydrogen) atoms. The van der Waals surface area contributed by atoms with E-state index in [1.807, 2.05) is 0 Å². The first-order chi connectivity index (χ1) is 24.6. The van der Waals surface area contributed by atoms with Crippen LogP contribution in [-0.4, -0.2) is 102 Å². The second kappa shape index (κ2) is 16.7. The smallest absolute Gasteiger partial charge is 0.269 e. The van der Waals surface area contributed by atoms with Crippen LogP contribution in [0.25, 0.3) is 0 Å². The Hall–Kier alpha value is -2.11. The molecule has 280 valence electrons. The third-order valence-corrected chi connectivity index (χ3v) is 12.1. The molecule has 2 spiro atoms. The number of Topliss-reactive ketones (excluding diaryl/α,β-unsaturated/α-hetero) is 1. The summed E-state index contributed by atoms with van der Waals surface area (Å²) in [4.78, 5) is 49.3. The van der Waals surface area contributed by atoms with Crippen molar-refractivity contribution in [3.8, 4) is 5.75 Å². The zero-order valence-electron chi connectivity index (χ0n) is 26.8. The molecule has 1 aromatic rings. The molecule has 0 bridgehead atoms. The molecule has 0 saturated carbocycles. The highest BCUT2D eigenvalue weighted by Gasteiger charge is 2.52. The topological polar surface area (TPSA) is 207 Å². The van der Waals surface area contributed by atoms with Crippen molar-refractivity contribution < 1.29 is 53.6 Å². The molecule has 5 N–H and O–H groups in total. The summed E-state index contributed by atoms with van der Waals surface area (Å²) < 4.78 is 18.7. The number of methoxy groups -OCH3 is 2. The summed E-state index contributed by atoms with van der Waals surface area (Å²) in [6, 6.07) is 3.13. The zero-order chi connectivity index (χ0) is 38.1. The van der Waals surface area contributed by atoms with Crippen LogP contribution in [-0.2, 0) is 33.5 Å². The lowest BCUT2D eigenvalue weighted by atomic mass is 9.87. The first-order valence-corrected chi connectivity index (χ1v) is 19.7. The van der Waals surface area contributed by atoms with Crippen LogP contribution in [0.1, 0.15) is 24.5 Å². The Labute approximate surface area is 346 Å². The highest BCUT2D eigenvalue weighted by molar-refractivity contribution is 9.12. The fourth-order valence-corrected chi connectivity index (χ4v) is 10.5. The van der Waals surface area contributed by atoms with Crippen molar-refractivity contribution in [2.24, 2.45) is 10.3 Å². The number of nitrogens with one attached hydrogen (secondary N) is 2. The monoisotopic (exact) mass is 1110 g/mol. The van der Waals surface area contributed by atoms with Crippen molar-refractivity contribution >= 4 is 125 Å². The van der Waals surface area contributed by atoms with Gasteiger partial charge in [0.05, 0.1) is 53.7 Å². The first-order valence-electron chi connectivity index (χ1n) is 14.9. The van der Waals surface area contributed by atoms with E-state index in [-0.39, 0.29) is 43.1 Å². The largest absolute Gasteiger partial charge is 0.495 e. The van der Waals surface area contributed by atoms with Crippen LogP contribution in [0.2, 0.25) is 0 Å². The van der Waals surface area contributed by atoms with Gasteiger partial charge in [-0.05, 0) is 125 Å². The number of amides is 2. The SMILES string of the molecule is COC1=C(Br)[C@H](O)[C@@]2(C=C1Br)CC(C(=O)NCC(=O)COc1c(Br)cc(C(O)CNC(=O)C3=NO[C@]4(C=C(Br)C(OC)=C(Br)[C@@H]4O)C3)cc1Br)=NO2. The average Bonchev–Trinajstić information content (AvgIpc) is 3.73. The zero-order valence-corrected chi connectivity index (χ0v) is 36.4. The molecule has 5 atom stereocenters. The molecule has 21 heteroatoms. The van der Waals surface area contributed by atoms with E-state index in [2.05, 4.69) is 117 Å². The second-order valence-electron chi connectivity index (χ2n) is 11.6. The number of carbonyl (C=O) groups excluding carboxylic acids is 3. The maximum atomic E-state index is 12.9. The van der Waals surface area contributed by atoms with Crippen molar-refractivity contribution in [3.05, 3.63) is 68.2 Å². The molecule has 1 unspecified atom stereocenters. The number of benzene rings is 1. The van der Waals surface area contributed by atoms with Crippen LogP contribution >= 0.6 is 95.6 Å². The molecular formula is C31H28Br6N4O11. The van der Waals surface area contributed by atoms with Gasteiger partial charge in [-0.3, -0.25) is 14.4 Å². The Morgan fingerprint density at radius 2 is 1.31 bits per heavy atom. The van der Waals surface area contributed by atoms with Gasteiger partial charge >= 0.3 is 0 Å². The first kappa shape index (κ1) is 41.1. The predicted octanol–water partition coefficient (Wildman–Crippen LogP) is 4.27. The number of rotatable bonds is 12. The van der Waals surface area contributed by atoms with Crippen LogP contribution in [0.5, 0.6) is 5.75 Å². The van der Waals surface area contributed by atoms with Gasteiger partial charge in [-0.1, -0.05) is 10.3 Å². The number of halogens is 6. The molecule has 5 rings (SSSR count). The van der Waals surface area contributed by atoms with E-state index in [9.17, 15) is 29.7 Å². The molecule has 2 aliphatic carbocycles. The van der Waals surface area contributed by atoms with E-state index in [4.69, 9.17) is 23.9 Å². The fraction of sp³-hybridized carbons (Fsp3) is 0.387. The Bertz CT molecular complexity index is 1860. The fourth-order valence-electron chi connectivity index (χ4n) is 5.44. The number of aliphatic hydroxyl groups excluding tert-OH is 3. The number of nitrogens with zero attached hydrogens (tertiary/aromatic N) is 2. The van der Waals surface area contributed by atoms with E-state index >= 15 is 0 Å². The van der Waals surface area contributed by atoms with Gasteiger partial charge in [0, 0.05) is 19.4 Å². The van der Waals surface area contributed by atoms with Crippen molar-refractivity contribution in [3.63, 3.8) is 0 Å². The van der Waals surface area contributed by atoms with Gasteiger partial charge in [0.2, 0.25) is 0 Å². The Kier molecular flexibility index (Phi) is 13.2. The van der Waals surface area contributed by atoms with Crippen molar-refractivity contribution in [2.45, 2.75) is 42.4 Å². The van der Waals surface area contributed by atoms with Gasteiger partial charge in [0.1, 0.15) is 47.5 Å². The highest BCUT2D eigenvalue weighted by atomic mass is 79.9. The molecule has 15 nitrogen and oxygen atoms in total. The minimum atomic E-state index is -1.34. The van der Waals surface area contributed by atoms with Gasteiger partial charge in [0.25, 0.3) is 11.8 Å². The molecule has 0 aromatic heterocycles. The van der Waals surface area contributed by atoms with E-state index < -0.39 is 53.7 Å². The van der Waals surface area contributed by atoms with E-state index in [1.165, 1.54) is 14.2 Å². The quantitative estimate of drug-likeness (QED) is 0.200. The lowest BCUT2D eigenvalue weighted by molar-refractivity contribution is -0.123. The van der Waals surface area contributed by atoms with Crippen LogP contribution in [0.15, 0.2) is 73.0 Å². The van der Waals surface area contributed by atoms with Gasteiger partial charge in [-0.2, -0.15) is 0 Å². The van der Waals surface area contributed by atoms with Gasteiger partial charge < -0.3 is 49.8 Å². The standard InChI is InChI=1S/C31H28Br6N4O11/c1-48-24-16(34)5-30(26(44)21(24)36)7-18(40-51-30)28(46)38-9-13(42)11-50-23-14(32)3-12(4-15(23)33)20(43)10-39-29(47)19-8-31(52-41-19)6-17(35)25(49-2)22(37)27(31)45/h3-6,20,26-27,43-45H,7-11H2,1-2H3,(H,38,46)(H,39,47)/t20?,26-,27-,30+,31+/m0/s1. The lowest BCUT2D eigenvalue weighted by Gasteiger charge is -2.33. The van der Waals surface area contributed by atoms with Crippen molar-refractivity contribution in [2.75, 3.05) is 33.9 Å². The maximum absolute atomic E-state index is 12.9. The Morgan fingerprint density at radius 3 is 1.77 bits per heavy atom. The van der Waals surface area contributed by atoms with Gasteiger partial charge in [-0.25, -0.2) is 0 Å². The minimum Gasteiger partial charge on any atom is -0.495 e. The molecule has 0 saturated heterocycles. The number of hydrogen-bond acceptors (Lipinski definition) is 13. The van der Waals surface area contributed by atoms with Crippen LogP contribution in [0.4, 0.5) is 0 Å². The van der Waals surface area contributed by atoms with Crippen LogP contribution in [0, 0.1) is 0 Å². The maximum Gasteiger partial charge on any atom is 0.269 e. The predicted molar refractivity (Wildman–Crippen MR) is 207 cm³/mol. The molecule has 2 amide bonds. The summed E-state index contributed by atoms with van der Waals surface area (Å²) in [6.45, 7) is -0.963. The Balaban J connectivity index is 1.09.